The van der Waals surface area contributed by atoms with Crippen LogP contribution >= 0.6 is 11.6 Å². The van der Waals surface area contributed by atoms with Crippen molar-refractivity contribution in [1.82, 2.24) is 4.90 Å². The molecule has 0 aromatic heterocycles. The Morgan fingerprint density at radius 1 is 1.56 bits per heavy atom. The normalized spacial score (nSPS) is 20.2. The summed E-state index contributed by atoms with van der Waals surface area (Å²) in [7, 11) is 0. The lowest BCUT2D eigenvalue weighted by Crippen LogP contribution is -2.32. The van der Waals surface area contributed by atoms with Crippen molar-refractivity contribution in [3.63, 3.8) is 0 Å². The summed E-state index contributed by atoms with van der Waals surface area (Å²) in [5.74, 6) is -0.964. The van der Waals surface area contributed by atoms with E-state index >= 15 is 0 Å². The van der Waals surface area contributed by atoms with E-state index in [0.29, 0.717) is 13.1 Å². The molecule has 5 heteroatoms. The van der Waals surface area contributed by atoms with Gasteiger partial charge in [0.15, 0.2) is 0 Å². The lowest BCUT2D eigenvalue weighted by molar-refractivity contribution is 0.0786. The summed E-state index contributed by atoms with van der Waals surface area (Å²) in [6.45, 7) is 1.02. The molecule has 0 aliphatic carbocycles. The van der Waals surface area contributed by atoms with E-state index in [4.69, 9.17) is 17.3 Å². The van der Waals surface area contributed by atoms with Gasteiger partial charge in [-0.3, -0.25) is 4.79 Å². The van der Waals surface area contributed by atoms with Crippen LogP contribution in [0.5, 0.6) is 0 Å². The van der Waals surface area contributed by atoms with Gasteiger partial charge in [0.05, 0.1) is 10.6 Å². The zero-order valence-electron chi connectivity index (χ0n) is 8.62. The predicted molar refractivity (Wildman–Crippen MR) is 59.9 cm³/mol. The number of nitrogens with zero attached hydrogens (tertiary/aromatic N) is 1. The minimum absolute atomic E-state index is 0.0190. The molecule has 1 atom stereocenters. The Morgan fingerprint density at radius 2 is 2.31 bits per heavy atom. The molecule has 0 spiro atoms. The van der Waals surface area contributed by atoms with Crippen molar-refractivity contribution < 1.29 is 9.18 Å². The molecule has 0 saturated carbocycles. The second-order valence-corrected chi connectivity index (χ2v) is 4.30. The molecular formula is C11H12ClFN2O. The summed E-state index contributed by atoms with van der Waals surface area (Å²) in [6, 6.07) is 4.20. The van der Waals surface area contributed by atoms with Crippen LogP contribution in [0.15, 0.2) is 18.2 Å². The monoisotopic (exact) mass is 242 g/mol. The maximum atomic E-state index is 13.5. The van der Waals surface area contributed by atoms with Crippen molar-refractivity contribution in [2.75, 3.05) is 13.1 Å². The van der Waals surface area contributed by atoms with Crippen LogP contribution in [0.25, 0.3) is 0 Å². The minimum atomic E-state index is -0.585. The van der Waals surface area contributed by atoms with E-state index < -0.39 is 5.82 Å². The van der Waals surface area contributed by atoms with Gasteiger partial charge >= 0.3 is 0 Å². The van der Waals surface area contributed by atoms with Gasteiger partial charge in [-0.15, -0.1) is 0 Å². The van der Waals surface area contributed by atoms with Crippen LogP contribution in [0, 0.1) is 5.82 Å². The van der Waals surface area contributed by atoms with E-state index in [2.05, 4.69) is 0 Å². The number of rotatable bonds is 1. The lowest BCUT2D eigenvalue weighted by Gasteiger charge is -2.16. The molecular weight excluding hydrogens is 231 g/mol. The summed E-state index contributed by atoms with van der Waals surface area (Å²) in [6.07, 6.45) is 0.748. The molecule has 1 aromatic carbocycles. The third kappa shape index (κ3) is 2.03. The second kappa shape index (κ2) is 4.39. The van der Waals surface area contributed by atoms with Gasteiger partial charge in [-0.2, -0.15) is 0 Å². The van der Waals surface area contributed by atoms with Gasteiger partial charge in [0, 0.05) is 19.1 Å². The number of hydrogen-bond acceptors (Lipinski definition) is 2. The van der Waals surface area contributed by atoms with E-state index in [0.717, 1.165) is 6.42 Å². The summed E-state index contributed by atoms with van der Waals surface area (Å²) in [4.78, 5) is 13.5. The van der Waals surface area contributed by atoms with Gasteiger partial charge in [-0.25, -0.2) is 4.39 Å². The molecule has 0 radical (unpaired) electrons. The van der Waals surface area contributed by atoms with Crippen LogP contribution in [0.4, 0.5) is 4.39 Å². The molecule has 16 heavy (non-hydrogen) atoms. The molecule has 0 bridgehead atoms. The summed E-state index contributed by atoms with van der Waals surface area (Å²) >= 11 is 5.82. The number of nitrogens with two attached hydrogens (primary N) is 1. The maximum Gasteiger partial charge on any atom is 0.258 e. The maximum absolute atomic E-state index is 13.5. The Morgan fingerprint density at radius 3 is 2.88 bits per heavy atom. The molecule has 1 amide bonds. The quantitative estimate of drug-likeness (QED) is 0.814. The first-order valence-corrected chi connectivity index (χ1v) is 5.46. The number of carbonyl (C=O) groups is 1. The van der Waals surface area contributed by atoms with Crippen LogP contribution < -0.4 is 5.73 Å². The lowest BCUT2D eigenvalue weighted by atomic mass is 10.2. The van der Waals surface area contributed by atoms with Gasteiger partial charge in [-0.1, -0.05) is 17.7 Å². The fourth-order valence-electron chi connectivity index (χ4n) is 1.83. The highest BCUT2D eigenvalue weighted by Gasteiger charge is 2.27. The first-order valence-electron chi connectivity index (χ1n) is 5.08. The van der Waals surface area contributed by atoms with E-state index in [1.54, 1.807) is 0 Å². The largest absolute Gasteiger partial charge is 0.337 e. The Kier molecular flexibility index (Phi) is 3.12. The van der Waals surface area contributed by atoms with Gasteiger partial charge in [0.25, 0.3) is 5.91 Å². The fourth-order valence-corrected chi connectivity index (χ4v) is 2.08. The SMILES string of the molecule is NC1CCN(C(=O)c2c(F)cccc2Cl)C1. The number of likely N-dealkylation sites (tertiary alicyclic amines) is 1. The Bertz CT molecular complexity index is 404. The van der Waals surface area contributed by atoms with Crippen LogP contribution in [0.1, 0.15) is 16.8 Å². The Labute approximate surface area is 98.0 Å². The number of carbonyl (C=O) groups excluding carboxylic acids is 1. The molecule has 86 valence electrons. The molecule has 2 N–H and O–H groups in total. The molecule has 1 aliphatic heterocycles. The van der Waals surface area contributed by atoms with E-state index in [9.17, 15) is 9.18 Å². The molecule has 1 aliphatic rings. The van der Waals surface area contributed by atoms with Crippen LogP contribution in [0.2, 0.25) is 5.02 Å². The third-order valence-corrected chi connectivity index (χ3v) is 3.00. The topological polar surface area (TPSA) is 46.3 Å². The van der Waals surface area contributed by atoms with Crippen molar-refractivity contribution in [2.45, 2.75) is 12.5 Å². The zero-order chi connectivity index (χ0) is 11.7. The standard InChI is InChI=1S/C11H12ClFN2O/c12-8-2-1-3-9(13)10(8)11(16)15-5-4-7(14)6-15/h1-3,7H,4-6,14H2. The molecule has 1 fully saturated rings. The average molecular weight is 243 g/mol. The fraction of sp³-hybridized carbons (Fsp3) is 0.364. The van der Waals surface area contributed by atoms with Crippen molar-refractivity contribution in [3.8, 4) is 0 Å². The first kappa shape index (κ1) is 11.4. The number of benzene rings is 1. The highest BCUT2D eigenvalue weighted by atomic mass is 35.5. The van der Waals surface area contributed by atoms with Gasteiger partial charge in [0.1, 0.15) is 5.82 Å². The molecule has 1 unspecified atom stereocenters. The molecule has 1 heterocycles. The van der Waals surface area contributed by atoms with Crippen LogP contribution in [0.3, 0.4) is 0 Å². The number of hydrogen-bond donors (Lipinski definition) is 1. The smallest absolute Gasteiger partial charge is 0.258 e. The highest BCUT2D eigenvalue weighted by Crippen LogP contribution is 2.22. The summed E-state index contributed by atoms with van der Waals surface area (Å²) in [5.41, 5.74) is 5.64. The Balaban J connectivity index is 2.27. The van der Waals surface area contributed by atoms with Gasteiger partial charge in [-0.05, 0) is 18.6 Å². The van der Waals surface area contributed by atoms with Gasteiger partial charge < -0.3 is 10.6 Å². The number of amides is 1. The van der Waals surface area contributed by atoms with Crippen LogP contribution in [-0.2, 0) is 0 Å². The number of halogens is 2. The Hall–Kier alpha value is -1.13. The molecule has 2 rings (SSSR count). The predicted octanol–water partition coefficient (Wildman–Crippen LogP) is 1.65. The van der Waals surface area contributed by atoms with Crippen LogP contribution in [-0.4, -0.2) is 29.9 Å². The van der Waals surface area contributed by atoms with Crippen molar-refractivity contribution in [2.24, 2.45) is 5.73 Å². The third-order valence-electron chi connectivity index (χ3n) is 2.69. The van der Waals surface area contributed by atoms with Crippen molar-refractivity contribution in [3.05, 3.63) is 34.6 Å². The molecule has 3 nitrogen and oxygen atoms in total. The van der Waals surface area contributed by atoms with Crippen molar-refractivity contribution in [1.29, 1.82) is 0 Å². The van der Waals surface area contributed by atoms with E-state index in [-0.39, 0.29) is 22.5 Å². The zero-order valence-corrected chi connectivity index (χ0v) is 9.38. The summed E-state index contributed by atoms with van der Waals surface area (Å²) < 4.78 is 13.5. The highest BCUT2D eigenvalue weighted by molar-refractivity contribution is 6.33. The molecule has 1 saturated heterocycles. The van der Waals surface area contributed by atoms with Gasteiger partial charge in [0.2, 0.25) is 0 Å². The first-order chi connectivity index (χ1) is 7.59. The van der Waals surface area contributed by atoms with E-state index in [1.807, 2.05) is 0 Å². The van der Waals surface area contributed by atoms with Crippen molar-refractivity contribution >= 4 is 17.5 Å². The summed E-state index contributed by atoms with van der Waals surface area (Å²) in [5, 5.41) is 0.144. The second-order valence-electron chi connectivity index (χ2n) is 3.90. The molecule has 1 aromatic rings. The van der Waals surface area contributed by atoms with E-state index in [1.165, 1.54) is 23.1 Å². The average Bonchev–Trinajstić information content (AvgIpc) is 2.64. The minimum Gasteiger partial charge on any atom is -0.337 e.